The number of methoxy groups -OCH3 is 2. The molecule has 1 rings (SSSR count). The molecule has 0 aromatic heterocycles. The van der Waals surface area contributed by atoms with E-state index in [1.807, 2.05) is 0 Å². The SMILES string of the molecule is COC1CN(C(=O)CN=[N+]=[N-])CC1OC. The highest BCUT2D eigenvalue weighted by atomic mass is 16.5. The van der Waals surface area contributed by atoms with Crippen molar-refractivity contribution >= 4 is 5.91 Å². The van der Waals surface area contributed by atoms with Gasteiger partial charge < -0.3 is 14.4 Å². The van der Waals surface area contributed by atoms with E-state index in [-0.39, 0.29) is 24.7 Å². The molecule has 1 aliphatic rings. The van der Waals surface area contributed by atoms with Crippen LogP contribution in [0.4, 0.5) is 0 Å². The minimum absolute atomic E-state index is 0.106. The van der Waals surface area contributed by atoms with Gasteiger partial charge in [0, 0.05) is 32.2 Å². The van der Waals surface area contributed by atoms with Crippen molar-refractivity contribution in [2.75, 3.05) is 33.9 Å². The molecule has 0 radical (unpaired) electrons. The number of hydrogen-bond donors (Lipinski definition) is 0. The quantitative estimate of drug-likeness (QED) is 0.379. The molecule has 0 aromatic rings. The Morgan fingerprint density at radius 2 is 2.00 bits per heavy atom. The Labute approximate surface area is 87.6 Å². The molecular weight excluding hydrogens is 200 g/mol. The fraction of sp³-hybridized carbons (Fsp3) is 0.875. The summed E-state index contributed by atoms with van der Waals surface area (Å²) >= 11 is 0. The summed E-state index contributed by atoms with van der Waals surface area (Å²) in [6, 6.07) is 0. The highest BCUT2D eigenvalue weighted by Gasteiger charge is 2.34. The van der Waals surface area contributed by atoms with Crippen LogP contribution in [0.3, 0.4) is 0 Å². The first kappa shape index (κ1) is 11.8. The van der Waals surface area contributed by atoms with E-state index in [9.17, 15) is 4.79 Å². The molecule has 0 aliphatic carbocycles. The Kier molecular flexibility index (Phi) is 4.36. The number of likely N-dealkylation sites (tertiary alicyclic amines) is 1. The minimum atomic E-state index is -0.200. The van der Waals surface area contributed by atoms with E-state index in [1.54, 1.807) is 19.1 Å². The Morgan fingerprint density at radius 3 is 2.40 bits per heavy atom. The fourth-order valence-corrected chi connectivity index (χ4v) is 1.59. The second-order valence-electron chi connectivity index (χ2n) is 3.24. The number of nitrogens with zero attached hydrogens (tertiary/aromatic N) is 4. The number of azide groups is 1. The van der Waals surface area contributed by atoms with E-state index in [1.165, 1.54) is 0 Å². The number of amides is 1. The second kappa shape index (κ2) is 5.55. The molecule has 1 saturated heterocycles. The summed E-state index contributed by atoms with van der Waals surface area (Å²) in [7, 11) is 3.16. The van der Waals surface area contributed by atoms with Gasteiger partial charge in [-0.3, -0.25) is 4.79 Å². The summed E-state index contributed by atoms with van der Waals surface area (Å²) in [5, 5.41) is 3.23. The van der Waals surface area contributed by atoms with Gasteiger partial charge >= 0.3 is 0 Å². The maximum Gasteiger partial charge on any atom is 0.228 e. The number of rotatable bonds is 4. The van der Waals surface area contributed by atoms with Crippen molar-refractivity contribution in [1.29, 1.82) is 0 Å². The molecule has 0 bridgehead atoms. The van der Waals surface area contributed by atoms with Crippen molar-refractivity contribution in [1.82, 2.24) is 4.90 Å². The molecule has 2 unspecified atom stereocenters. The van der Waals surface area contributed by atoms with Gasteiger partial charge in [0.05, 0.1) is 0 Å². The van der Waals surface area contributed by atoms with Crippen LogP contribution in [0.25, 0.3) is 10.4 Å². The standard InChI is InChI=1S/C8H14N4O3/c1-14-6-4-12(5-7(6)15-2)8(13)3-10-11-9/h6-7H,3-5H2,1-2H3. The van der Waals surface area contributed by atoms with Gasteiger partial charge in [0.1, 0.15) is 18.8 Å². The largest absolute Gasteiger partial charge is 0.377 e. The first-order chi connectivity index (χ1) is 7.22. The third-order valence-electron chi connectivity index (χ3n) is 2.44. The van der Waals surface area contributed by atoms with E-state index in [4.69, 9.17) is 15.0 Å². The van der Waals surface area contributed by atoms with Gasteiger partial charge in [0.15, 0.2) is 0 Å². The molecule has 0 saturated carbocycles. The smallest absolute Gasteiger partial charge is 0.228 e. The molecule has 0 N–H and O–H groups in total. The molecule has 15 heavy (non-hydrogen) atoms. The van der Waals surface area contributed by atoms with Crippen LogP contribution in [0.5, 0.6) is 0 Å². The maximum absolute atomic E-state index is 11.5. The van der Waals surface area contributed by atoms with Gasteiger partial charge in [-0.15, -0.1) is 0 Å². The summed E-state index contributed by atoms with van der Waals surface area (Å²) in [6.07, 6.45) is -0.213. The number of hydrogen-bond acceptors (Lipinski definition) is 4. The van der Waals surface area contributed by atoms with E-state index in [0.717, 1.165) is 0 Å². The monoisotopic (exact) mass is 214 g/mol. The highest BCUT2D eigenvalue weighted by Crippen LogP contribution is 2.15. The van der Waals surface area contributed by atoms with Gasteiger partial charge in [-0.2, -0.15) is 0 Å². The summed E-state index contributed by atoms with van der Waals surface area (Å²) < 4.78 is 10.4. The lowest BCUT2D eigenvalue weighted by molar-refractivity contribution is -0.129. The van der Waals surface area contributed by atoms with Crippen LogP contribution < -0.4 is 0 Å². The lowest BCUT2D eigenvalue weighted by atomic mass is 10.3. The van der Waals surface area contributed by atoms with Crippen molar-refractivity contribution in [2.45, 2.75) is 12.2 Å². The van der Waals surface area contributed by atoms with Gasteiger partial charge in [0.25, 0.3) is 0 Å². The molecule has 7 heteroatoms. The second-order valence-corrected chi connectivity index (χ2v) is 3.24. The van der Waals surface area contributed by atoms with Crippen LogP contribution in [0.15, 0.2) is 5.11 Å². The summed E-state index contributed by atoms with van der Waals surface area (Å²) in [5.74, 6) is -0.200. The Bertz CT molecular complexity index is 265. The average molecular weight is 214 g/mol. The topological polar surface area (TPSA) is 87.5 Å². The van der Waals surface area contributed by atoms with E-state index in [2.05, 4.69) is 10.0 Å². The van der Waals surface area contributed by atoms with E-state index < -0.39 is 0 Å². The molecule has 1 heterocycles. The summed E-state index contributed by atoms with van der Waals surface area (Å²) in [6.45, 7) is 0.812. The first-order valence-corrected chi connectivity index (χ1v) is 4.57. The molecule has 1 aliphatic heterocycles. The van der Waals surface area contributed by atoms with Crippen LogP contribution in [0.2, 0.25) is 0 Å². The van der Waals surface area contributed by atoms with Gasteiger partial charge in [-0.25, -0.2) is 0 Å². The Morgan fingerprint density at radius 1 is 1.47 bits per heavy atom. The molecular formula is C8H14N4O3. The number of carbonyl (C=O) groups excluding carboxylic acids is 1. The van der Waals surface area contributed by atoms with Crippen LogP contribution in [-0.2, 0) is 14.3 Å². The predicted octanol–water partition coefficient (Wildman–Crippen LogP) is 0.169. The summed E-state index contributed by atoms with van der Waals surface area (Å²) in [4.78, 5) is 15.6. The van der Waals surface area contributed by atoms with Gasteiger partial charge in [-0.05, 0) is 5.53 Å². The van der Waals surface area contributed by atoms with Crippen LogP contribution in [-0.4, -0.2) is 56.9 Å². The molecule has 2 atom stereocenters. The first-order valence-electron chi connectivity index (χ1n) is 4.57. The molecule has 84 valence electrons. The Balaban J connectivity index is 2.52. The van der Waals surface area contributed by atoms with Crippen molar-refractivity contribution in [3.05, 3.63) is 10.4 Å². The van der Waals surface area contributed by atoms with Crippen molar-refractivity contribution in [3.8, 4) is 0 Å². The van der Waals surface area contributed by atoms with Crippen molar-refractivity contribution < 1.29 is 14.3 Å². The average Bonchev–Trinajstić information content (AvgIpc) is 2.68. The van der Waals surface area contributed by atoms with Gasteiger partial charge in [0.2, 0.25) is 5.91 Å². The zero-order valence-electron chi connectivity index (χ0n) is 8.79. The third-order valence-corrected chi connectivity index (χ3v) is 2.44. The van der Waals surface area contributed by atoms with Crippen LogP contribution in [0, 0.1) is 0 Å². The summed E-state index contributed by atoms with van der Waals surface area (Å²) in [5.41, 5.74) is 8.09. The fourth-order valence-electron chi connectivity index (χ4n) is 1.59. The van der Waals surface area contributed by atoms with Gasteiger partial charge in [-0.1, -0.05) is 5.11 Å². The molecule has 0 spiro atoms. The number of carbonyl (C=O) groups is 1. The molecule has 1 fully saturated rings. The Hall–Kier alpha value is -1.30. The zero-order chi connectivity index (χ0) is 11.3. The van der Waals surface area contributed by atoms with Crippen molar-refractivity contribution in [3.63, 3.8) is 0 Å². The van der Waals surface area contributed by atoms with Crippen LogP contribution >= 0.6 is 0 Å². The maximum atomic E-state index is 11.5. The van der Waals surface area contributed by atoms with Crippen molar-refractivity contribution in [2.24, 2.45) is 5.11 Å². The number of ether oxygens (including phenoxy) is 2. The molecule has 1 amide bonds. The highest BCUT2D eigenvalue weighted by molar-refractivity contribution is 5.78. The van der Waals surface area contributed by atoms with E-state index >= 15 is 0 Å². The lowest BCUT2D eigenvalue weighted by Gasteiger charge is -2.13. The predicted molar refractivity (Wildman–Crippen MR) is 52.2 cm³/mol. The lowest BCUT2D eigenvalue weighted by Crippen LogP contribution is -2.31. The molecule has 7 nitrogen and oxygen atoms in total. The molecule has 0 aromatic carbocycles. The van der Waals surface area contributed by atoms with Crippen LogP contribution in [0.1, 0.15) is 0 Å². The third kappa shape index (κ3) is 2.82. The van der Waals surface area contributed by atoms with E-state index in [0.29, 0.717) is 13.1 Å². The zero-order valence-corrected chi connectivity index (χ0v) is 8.79. The normalized spacial score (nSPS) is 25.1. The minimum Gasteiger partial charge on any atom is -0.377 e.